The molecule has 2 aromatic rings. The van der Waals surface area contributed by atoms with Crippen molar-refractivity contribution in [2.24, 2.45) is 0 Å². The van der Waals surface area contributed by atoms with Crippen LogP contribution in [0, 0.1) is 27.7 Å². The molecule has 20 heavy (non-hydrogen) atoms. The Morgan fingerprint density at radius 1 is 1.15 bits per heavy atom. The number of rotatable bonds is 3. The third-order valence-electron chi connectivity index (χ3n) is 3.60. The highest BCUT2D eigenvalue weighted by atomic mass is 16.4. The van der Waals surface area contributed by atoms with E-state index in [1.807, 2.05) is 32.4 Å². The van der Waals surface area contributed by atoms with Crippen molar-refractivity contribution < 1.29 is 9.90 Å². The van der Waals surface area contributed by atoms with Crippen LogP contribution >= 0.6 is 0 Å². The van der Waals surface area contributed by atoms with Crippen LogP contribution in [-0.4, -0.2) is 20.9 Å². The van der Waals surface area contributed by atoms with E-state index in [1.54, 1.807) is 6.92 Å². The Morgan fingerprint density at radius 2 is 1.70 bits per heavy atom. The highest BCUT2D eigenvalue weighted by Crippen LogP contribution is 2.26. The number of aryl methyl sites for hydroxylation is 3. The highest BCUT2D eigenvalue weighted by Gasteiger charge is 2.23. The minimum absolute atomic E-state index is 0.547. The van der Waals surface area contributed by atoms with Gasteiger partial charge in [0.05, 0.1) is 17.3 Å². The summed E-state index contributed by atoms with van der Waals surface area (Å²) >= 11 is 0. The molecule has 0 amide bonds. The summed E-state index contributed by atoms with van der Waals surface area (Å²) in [6.07, 6.45) is 0. The van der Waals surface area contributed by atoms with E-state index >= 15 is 0 Å². The van der Waals surface area contributed by atoms with Crippen LogP contribution in [0.1, 0.15) is 40.9 Å². The molecule has 0 saturated heterocycles. The minimum Gasteiger partial charge on any atom is -0.481 e. The lowest BCUT2D eigenvalue weighted by molar-refractivity contribution is -0.138. The van der Waals surface area contributed by atoms with Crippen molar-refractivity contribution in [3.05, 3.63) is 46.3 Å². The Balaban J connectivity index is 2.59. The molecule has 1 heterocycles. The summed E-state index contributed by atoms with van der Waals surface area (Å²) in [6, 6.07) is 6.22. The van der Waals surface area contributed by atoms with Crippen LogP contribution in [0.5, 0.6) is 0 Å². The Hall–Kier alpha value is -2.10. The maximum atomic E-state index is 11.2. The molecule has 0 aliphatic rings. The molecule has 1 unspecified atom stereocenters. The Morgan fingerprint density at radius 3 is 2.20 bits per heavy atom. The standard InChI is InChI=1S/C16H20N2O2/c1-9-6-10(2)8-14(7-9)18-13(5)15(12(4)17-18)11(3)16(19)20/h6-8,11H,1-5H3,(H,19,20). The summed E-state index contributed by atoms with van der Waals surface area (Å²) in [5, 5.41) is 13.7. The van der Waals surface area contributed by atoms with Crippen molar-refractivity contribution in [1.82, 2.24) is 9.78 Å². The lowest BCUT2D eigenvalue weighted by Crippen LogP contribution is -2.09. The normalized spacial score (nSPS) is 12.4. The maximum Gasteiger partial charge on any atom is 0.310 e. The van der Waals surface area contributed by atoms with Crippen LogP contribution in [0.15, 0.2) is 18.2 Å². The van der Waals surface area contributed by atoms with Crippen LogP contribution in [0.25, 0.3) is 5.69 Å². The molecule has 4 heteroatoms. The number of carboxylic acids is 1. The van der Waals surface area contributed by atoms with E-state index in [9.17, 15) is 9.90 Å². The van der Waals surface area contributed by atoms with Crippen LogP contribution < -0.4 is 0 Å². The summed E-state index contributed by atoms with van der Waals surface area (Å²) in [5.41, 5.74) is 5.78. The monoisotopic (exact) mass is 272 g/mol. The van der Waals surface area contributed by atoms with E-state index in [2.05, 4.69) is 23.3 Å². The van der Waals surface area contributed by atoms with Crippen LogP contribution in [0.3, 0.4) is 0 Å². The van der Waals surface area contributed by atoms with Gasteiger partial charge in [0, 0.05) is 11.3 Å². The van der Waals surface area contributed by atoms with Crippen molar-refractivity contribution in [2.75, 3.05) is 0 Å². The number of carbonyl (C=O) groups is 1. The van der Waals surface area contributed by atoms with Crippen LogP contribution in [0.4, 0.5) is 0 Å². The largest absolute Gasteiger partial charge is 0.481 e. The van der Waals surface area contributed by atoms with E-state index in [1.165, 1.54) is 11.1 Å². The Labute approximate surface area is 119 Å². The zero-order chi connectivity index (χ0) is 15.0. The fourth-order valence-electron chi connectivity index (χ4n) is 2.73. The smallest absolute Gasteiger partial charge is 0.310 e. The van der Waals surface area contributed by atoms with Gasteiger partial charge in [-0.05, 0) is 57.9 Å². The molecule has 2 rings (SSSR count). The van der Waals surface area contributed by atoms with E-state index in [4.69, 9.17) is 0 Å². The summed E-state index contributed by atoms with van der Waals surface area (Å²) in [7, 11) is 0. The first-order valence-corrected chi connectivity index (χ1v) is 6.69. The second kappa shape index (κ2) is 5.12. The van der Waals surface area contributed by atoms with Crippen molar-refractivity contribution in [2.45, 2.75) is 40.5 Å². The predicted molar refractivity (Wildman–Crippen MR) is 78.6 cm³/mol. The van der Waals surface area contributed by atoms with Crippen molar-refractivity contribution in [3.63, 3.8) is 0 Å². The third-order valence-corrected chi connectivity index (χ3v) is 3.60. The number of nitrogens with zero attached hydrogens (tertiary/aromatic N) is 2. The van der Waals surface area contributed by atoms with Gasteiger partial charge in [-0.15, -0.1) is 0 Å². The lowest BCUT2D eigenvalue weighted by Gasteiger charge is -2.09. The van der Waals surface area contributed by atoms with Crippen LogP contribution in [-0.2, 0) is 4.79 Å². The topological polar surface area (TPSA) is 55.1 Å². The average molecular weight is 272 g/mol. The second-order valence-electron chi connectivity index (χ2n) is 5.40. The van der Waals surface area contributed by atoms with Crippen molar-refractivity contribution in [1.29, 1.82) is 0 Å². The molecule has 0 fully saturated rings. The first-order chi connectivity index (χ1) is 9.31. The molecule has 0 saturated carbocycles. The maximum absolute atomic E-state index is 11.2. The highest BCUT2D eigenvalue weighted by molar-refractivity contribution is 5.76. The number of carboxylic acid groups (broad SMARTS) is 1. The van der Waals surface area contributed by atoms with Gasteiger partial charge < -0.3 is 5.11 Å². The summed E-state index contributed by atoms with van der Waals surface area (Å²) < 4.78 is 1.84. The molecule has 0 aliphatic heterocycles. The second-order valence-corrected chi connectivity index (χ2v) is 5.40. The molecule has 1 aromatic heterocycles. The molecule has 0 aliphatic carbocycles. The summed E-state index contributed by atoms with van der Waals surface area (Å²) in [5.74, 6) is -1.37. The fourth-order valence-corrected chi connectivity index (χ4v) is 2.73. The van der Waals surface area contributed by atoms with Crippen molar-refractivity contribution >= 4 is 5.97 Å². The molecule has 0 radical (unpaired) electrons. The Kier molecular flexibility index (Phi) is 3.66. The predicted octanol–water partition coefficient (Wildman–Crippen LogP) is 3.29. The van der Waals surface area contributed by atoms with E-state index < -0.39 is 11.9 Å². The fraction of sp³-hybridized carbons (Fsp3) is 0.375. The van der Waals surface area contributed by atoms with Gasteiger partial charge in [-0.2, -0.15) is 5.10 Å². The quantitative estimate of drug-likeness (QED) is 0.932. The van der Waals surface area contributed by atoms with Gasteiger partial charge in [0.2, 0.25) is 0 Å². The molecule has 0 bridgehead atoms. The molecule has 1 N–H and O–H groups in total. The molecule has 4 nitrogen and oxygen atoms in total. The van der Waals surface area contributed by atoms with Crippen molar-refractivity contribution in [3.8, 4) is 5.69 Å². The first-order valence-electron chi connectivity index (χ1n) is 6.69. The number of hydrogen-bond acceptors (Lipinski definition) is 2. The Bertz CT molecular complexity index is 651. The van der Waals surface area contributed by atoms with Gasteiger partial charge in [0.15, 0.2) is 0 Å². The first kappa shape index (κ1) is 14.3. The van der Waals surface area contributed by atoms with E-state index in [0.29, 0.717) is 0 Å². The van der Waals surface area contributed by atoms with Gasteiger partial charge in [0.25, 0.3) is 0 Å². The van der Waals surface area contributed by atoms with E-state index in [-0.39, 0.29) is 0 Å². The zero-order valence-electron chi connectivity index (χ0n) is 12.6. The molecular formula is C16H20N2O2. The van der Waals surface area contributed by atoms with Gasteiger partial charge in [-0.25, -0.2) is 4.68 Å². The van der Waals surface area contributed by atoms with Gasteiger partial charge in [0.1, 0.15) is 0 Å². The van der Waals surface area contributed by atoms with E-state index in [0.717, 1.165) is 22.6 Å². The molecule has 106 valence electrons. The molecular weight excluding hydrogens is 252 g/mol. The van der Waals surface area contributed by atoms with Gasteiger partial charge in [-0.3, -0.25) is 4.79 Å². The number of aliphatic carboxylic acids is 1. The third kappa shape index (κ3) is 2.46. The number of aromatic nitrogens is 2. The number of hydrogen-bond donors (Lipinski definition) is 1. The summed E-state index contributed by atoms with van der Waals surface area (Å²) in [6.45, 7) is 9.57. The lowest BCUT2D eigenvalue weighted by atomic mass is 9.99. The minimum atomic E-state index is -0.823. The van der Waals surface area contributed by atoms with Gasteiger partial charge in [-0.1, -0.05) is 6.07 Å². The molecule has 1 atom stereocenters. The summed E-state index contributed by atoms with van der Waals surface area (Å²) in [4.78, 5) is 11.2. The zero-order valence-corrected chi connectivity index (χ0v) is 12.6. The number of benzene rings is 1. The molecule has 1 aromatic carbocycles. The van der Waals surface area contributed by atoms with Gasteiger partial charge >= 0.3 is 5.97 Å². The SMILES string of the molecule is Cc1cc(C)cc(-n2nc(C)c(C(C)C(=O)O)c2C)c1. The van der Waals surface area contributed by atoms with Crippen LogP contribution in [0.2, 0.25) is 0 Å². The molecule has 0 spiro atoms. The average Bonchev–Trinajstić information content (AvgIpc) is 2.62.